The number of carbonyl (C=O) groups is 2. The number of esters is 1. The van der Waals surface area contributed by atoms with E-state index in [0.29, 0.717) is 42.4 Å². The molecule has 0 fully saturated rings. The third kappa shape index (κ3) is 6.90. The molecule has 0 unspecified atom stereocenters. The van der Waals surface area contributed by atoms with E-state index >= 15 is 0 Å². The Kier molecular flexibility index (Phi) is 9.13. The van der Waals surface area contributed by atoms with Gasteiger partial charge in [-0.15, -0.1) is 0 Å². The van der Waals surface area contributed by atoms with Crippen LogP contribution in [0, 0.1) is 11.3 Å². The molecular weight excluding hydrogens is 404 g/mol. The van der Waals surface area contributed by atoms with Crippen molar-refractivity contribution in [1.29, 1.82) is 5.26 Å². The second-order valence-electron chi connectivity index (χ2n) is 6.23. The van der Waals surface area contributed by atoms with Gasteiger partial charge in [0.25, 0.3) is 5.91 Å². The normalized spacial score (nSPS) is 10.8. The molecule has 2 rings (SSSR count). The van der Waals surface area contributed by atoms with Crippen LogP contribution >= 0.6 is 0 Å². The molecule has 1 aromatic heterocycles. The third-order valence-corrected chi connectivity index (χ3v) is 4.09. The van der Waals surface area contributed by atoms with Crippen LogP contribution in [0.3, 0.4) is 0 Å². The van der Waals surface area contributed by atoms with E-state index in [1.165, 1.54) is 26.4 Å². The number of nitrogens with one attached hydrogen (secondary N) is 1. The predicted molar refractivity (Wildman–Crippen MR) is 110 cm³/mol. The first-order chi connectivity index (χ1) is 15.0. The summed E-state index contributed by atoms with van der Waals surface area (Å²) < 4.78 is 25.9. The Labute approximate surface area is 180 Å². The number of furan rings is 1. The Morgan fingerprint density at radius 2 is 1.97 bits per heavy atom. The minimum Gasteiger partial charge on any atom is -0.493 e. The highest BCUT2D eigenvalue weighted by molar-refractivity contribution is 6.01. The van der Waals surface area contributed by atoms with Crippen LogP contribution in [-0.4, -0.2) is 46.4 Å². The minimum atomic E-state index is -0.573. The number of rotatable bonds is 11. The Morgan fingerprint density at radius 3 is 2.65 bits per heavy atom. The first-order valence-corrected chi connectivity index (χ1v) is 9.39. The van der Waals surface area contributed by atoms with E-state index in [0.717, 1.165) is 0 Å². The van der Waals surface area contributed by atoms with Gasteiger partial charge in [-0.2, -0.15) is 5.26 Å². The molecule has 0 aliphatic heterocycles. The van der Waals surface area contributed by atoms with Crippen LogP contribution in [0.5, 0.6) is 11.5 Å². The summed E-state index contributed by atoms with van der Waals surface area (Å²) in [7, 11) is 4.33. The van der Waals surface area contributed by atoms with Crippen molar-refractivity contribution in [2.45, 2.75) is 13.0 Å². The standard InChI is InChI=1S/C22H24N2O7/c1-27-10-4-9-24-21(25)16(13-23)11-15-5-7-18(20(12-15)28-2)30-14-17-6-8-19(31-17)22(26)29-3/h5-8,11-12H,4,9-10,14H2,1-3H3,(H,24,25)/b16-11+. The number of amides is 1. The maximum absolute atomic E-state index is 12.2. The van der Waals surface area contributed by atoms with Crippen molar-refractivity contribution < 1.29 is 33.0 Å². The van der Waals surface area contributed by atoms with E-state index < -0.39 is 11.9 Å². The lowest BCUT2D eigenvalue weighted by Gasteiger charge is -2.10. The summed E-state index contributed by atoms with van der Waals surface area (Å²) in [6, 6.07) is 10.0. The molecule has 9 heteroatoms. The zero-order chi connectivity index (χ0) is 22.6. The van der Waals surface area contributed by atoms with Crippen LogP contribution in [0.4, 0.5) is 0 Å². The smallest absolute Gasteiger partial charge is 0.373 e. The molecule has 9 nitrogen and oxygen atoms in total. The highest BCUT2D eigenvalue weighted by atomic mass is 16.5. The molecule has 0 bridgehead atoms. The largest absolute Gasteiger partial charge is 0.493 e. The molecule has 1 N–H and O–H groups in total. The Morgan fingerprint density at radius 1 is 1.16 bits per heavy atom. The number of methoxy groups -OCH3 is 3. The molecule has 1 amide bonds. The number of benzene rings is 1. The molecule has 0 spiro atoms. The van der Waals surface area contributed by atoms with Gasteiger partial charge < -0.3 is 28.7 Å². The van der Waals surface area contributed by atoms with Crippen molar-refractivity contribution in [3.05, 3.63) is 53.0 Å². The molecule has 0 aliphatic rings. The molecule has 31 heavy (non-hydrogen) atoms. The summed E-state index contributed by atoms with van der Waals surface area (Å²) in [5.74, 6) is 0.319. The lowest BCUT2D eigenvalue weighted by molar-refractivity contribution is -0.117. The van der Waals surface area contributed by atoms with Gasteiger partial charge in [0.05, 0.1) is 14.2 Å². The van der Waals surface area contributed by atoms with Crippen LogP contribution in [-0.2, 0) is 20.9 Å². The van der Waals surface area contributed by atoms with Crippen molar-refractivity contribution in [3.8, 4) is 17.6 Å². The van der Waals surface area contributed by atoms with Crippen molar-refractivity contribution in [2.75, 3.05) is 34.5 Å². The van der Waals surface area contributed by atoms with E-state index in [2.05, 4.69) is 10.1 Å². The number of carbonyl (C=O) groups excluding carboxylic acids is 2. The number of hydrogen-bond acceptors (Lipinski definition) is 8. The van der Waals surface area contributed by atoms with Gasteiger partial charge >= 0.3 is 5.97 Å². The van der Waals surface area contributed by atoms with Gasteiger partial charge in [0.2, 0.25) is 5.76 Å². The zero-order valence-corrected chi connectivity index (χ0v) is 17.6. The average molecular weight is 428 g/mol. The SMILES string of the molecule is COCCCNC(=O)/C(C#N)=C/c1ccc(OCc2ccc(C(=O)OC)o2)c(OC)c1. The molecule has 0 aliphatic carbocycles. The van der Waals surface area contributed by atoms with Crippen LogP contribution < -0.4 is 14.8 Å². The first-order valence-electron chi connectivity index (χ1n) is 9.39. The first kappa shape index (κ1) is 23.5. The van der Waals surface area contributed by atoms with E-state index in [-0.39, 0.29) is 17.9 Å². The van der Waals surface area contributed by atoms with E-state index in [4.69, 9.17) is 18.6 Å². The fourth-order valence-corrected chi connectivity index (χ4v) is 2.54. The second kappa shape index (κ2) is 12.0. The van der Waals surface area contributed by atoms with Gasteiger partial charge in [-0.05, 0) is 42.3 Å². The molecule has 0 atom stereocenters. The third-order valence-electron chi connectivity index (χ3n) is 4.09. The Balaban J connectivity index is 2.07. The topological polar surface area (TPSA) is 120 Å². The fourth-order valence-electron chi connectivity index (χ4n) is 2.54. The van der Waals surface area contributed by atoms with Gasteiger partial charge in [-0.1, -0.05) is 6.07 Å². The highest BCUT2D eigenvalue weighted by Gasteiger charge is 2.13. The summed E-state index contributed by atoms with van der Waals surface area (Å²) in [6.45, 7) is 0.995. The summed E-state index contributed by atoms with van der Waals surface area (Å²) in [4.78, 5) is 23.6. The minimum absolute atomic E-state index is 0.0286. The zero-order valence-electron chi connectivity index (χ0n) is 17.6. The molecular formula is C22H24N2O7. The highest BCUT2D eigenvalue weighted by Crippen LogP contribution is 2.30. The number of nitrogens with zero attached hydrogens (tertiary/aromatic N) is 1. The maximum Gasteiger partial charge on any atom is 0.373 e. The van der Waals surface area contributed by atoms with E-state index in [1.807, 2.05) is 6.07 Å². The number of hydrogen-bond donors (Lipinski definition) is 1. The van der Waals surface area contributed by atoms with Crippen LogP contribution in [0.2, 0.25) is 0 Å². The quantitative estimate of drug-likeness (QED) is 0.251. The van der Waals surface area contributed by atoms with E-state index in [1.54, 1.807) is 31.4 Å². The molecule has 0 saturated heterocycles. The summed E-state index contributed by atoms with van der Waals surface area (Å²) in [6.07, 6.45) is 2.12. The van der Waals surface area contributed by atoms with Gasteiger partial charge in [0.15, 0.2) is 11.5 Å². The Hall–Kier alpha value is -3.77. The van der Waals surface area contributed by atoms with Crippen LogP contribution in [0.25, 0.3) is 6.08 Å². The molecule has 164 valence electrons. The van der Waals surface area contributed by atoms with Crippen molar-refractivity contribution in [1.82, 2.24) is 5.32 Å². The maximum atomic E-state index is 12.2. The van der Waals surface area contributed by atoms with Crippen molar-refractivity contribution in [2.24, 2.45) is 0 Å². The van der Waals surface area contributed by atoms with Crippen molar-refractivity contribution >= 4 is 18.0 Å². The lowest BCUT2D eigenvalue weighted by Crippen LogP contribution is -2.26. The number of nitriles is 1. The molecule has 0 saturated carbocycles. The van der Waals surface area contributed by atoms with E-state index in [9.17, 15) is 14.9 Å². The number of ether oxygens (including phenoxy) is 4. The van der Waals surface area contributed by atoms with Gasteiger partial charge in [-0.3, -0.25) is 4.79 Å². The summed E-state index contributed by atoms with van der Waals surface area (Å²) in [5, 5.41) is 12.0. The second-order valence-corrected chi connectivity index (χ2v) is 6.23. The Bertz CT molecular complexity index is 972. The summed E-state index contributed by atoms with van der Waals surface area (Å²) in [5.41, 5.74) is 0.567. The lowest BCUT2D eigenvalue weighted by atomic mass is 10.1. The molecule has 0 radical (unpaired) electrons. The molecule has 1 heterocycles. The predicted octanol–water partition coefficient (Wildman–Crippen LogP) is 2.71. The van der Waals surface area contributed by atoms with Gasteiger partial charge in [0, 0.05) is 20.3 Å². The van der Waals surface area contributed by atoms with Crippen molar-refractivity contribution in [3.63, 3.8) is 0 Å². The molecule has 1 aromatic carbocycles. The average Bonchev–Trinajstić information content (AvgIpc) is 3.27. The molecule has 2 aromatic rings. The van der Waals surface area contributed by atoms with Crippen LogP contribution in [0.1, 0.15) is 28.3 Å². The summed E-state index contributed by atoms with van der Waals surface area (Å²) >= 11 is 0. The monoisotopic (exact) mass is 428 g/mol. The van der Waals surface area contributed by atoms with Gasteiger partial charge in [-0.25, -0.2) is 4.79 Å². The fraction of sp³-hybridized carbons (Fsp3) is 0.318. The van der Waals surface area contributed by atoms with Gasteiger partial charge in [0.1, 0.15) is 24.0 Å². The van der Waals surface area contributed by atoms with Crippen LogP contribution in [0.15, 0.2) is 40.3 Å².